The zero-order valence-corrected chi connectivity index (χ0v) is 9.27. The first kappa shape index (κ1) is 15.4. The second kappa shape index (κ2) is 6.39. The third-order valence-corrected chi connectivity index (χ3v) is 0.926. The number of ketones is 1. The van der Waals surface area contributed by atoms with Gasteiger partial charge in [0.15, 0.2) is 0 Å². The van der Waals surface area contributed by atoms with Crippen molar-refractivity contribution in [3.63, 3.8) is 0 Å². The quantitative estimate of drug-likeness (QED) is 0.307. The Hall–Kier alpha value is -0.0700. The van der Waals surface area contributed by atoms with Crippen molar-refractivity contribution in [1.29, 1.82) is 0 Å². The first-order chi connectivity index (χ1) is 5.38. The number of rotatable bonds is 3. The molecule has 0 fully saturated rings. The Morgan fingerprint density at radius 1 is 1.31 bits per heavy atom. The van der Waals surface area contributed by atoms with Gasteiger partial charge in [-0.2, -0.15) is 13.2 Å². The Morgan fingerprint density at radius 2 is 1.77 bits per heavy atom. The van der Waals surface area contributed by atoms with Crippen molar-refractivity contribution in [3.05, 3.63) is 0 Å². The second-order valence-electron chi connectivity index (χ2n) is 1.90. The molecule has 0 aliphatic heterocycles. The van der Waals surface area contributed by atoms with Crippen molar-refractivity contribution in [2.24, 2.45) is 0 Å². The molecule has 7 heteroatoms. The molecule has 0 N–H and O–H groups in total. The average molecular weight is 207 g/mol. The number of carbonyl (C=O) groups is 2. The van der Waals surface area contributed by atoms with Crippen LogP contribution in [-0.4, -0.2) is 24.5 Å². The minimum Gasteiger partial charge on any atom is -0.466 e. The summed E-state index contributed by atoms with van der Waals surface area (Å²) in [5.74, 6) is -3.24. The summed E-state index contributed by atoms with van der Waals surface area (Å²) in [5, 5.41) is 0. The Balaban J connectivity index is 0. The van der Waals surface area contributed by atoms with Crippen LogP contribution in [0.15, 0.2) is 0 Å². The molecule has 0 radical (unpaired) electrons. The maximum atomic E-state index is 11.5. The zero-order chi connectivity index (χ0) is 9.78. The fraction of sp³-hybridized carbons (Fsp3) is 0.667. The first-order valence-electron chi connectivity index (χ1n) is 3.13. The van der Waals surface area contributed by atoms with Gasteiger partial charge in [0.05, 0.1) is 6.61 Å². The standard InChI is InChI=1S/C6H7F3O3.Na/c1-2-12-5(11)3-4(10)6(7,8)9;/h2-3H2,1H3;/q;+1. The Morgan fingerprint density at radius 3 is 2.08 bits per heavy atom. The molecular formula is C6H7F3NaO3+. The topological polar surface area (TPSA) is 43.4 Å². The number of Topliss-reactive ketones (excluding diaryl/α,β-unsaturated/α-hetero) is 1. The molecule has 0 amide bonds. The summed E-state index contributed by atoms with van der Waals surface area (Å²) in [4.78, 5) is 20.5. The predicted molar refractivity (Wildman–Crippen MR) is 32.3 cm³/mol. The fourth-order valence-electron chi connectivity index (χ4n) is 0.443. The van der Waals surface area contributed by atoms with Crippen LogP contribution in [-0.2, 0) is 14.3 Å². The molecule has 0 aliphatic carbocycles. The normalized spacial score (nSPS) is 10.2. The number of esters is 1. The van der Waals surface area contributed by atoms with E-state index < -0.39 is 24.3 Å². The van der Waals surface area contributed by atoms with Crippen molar-refractivity contribution in [1.82, 2.24) is 0 Å². The Kier molecular flexibility index (Phi) is 7.58. The summed E-state index contributed by atoms with van der Waals surface area (Å²) < 4.78 is 38.6. The SMILES string of the molecule is CCOC(=O)CC(=O)C(F)(F)F.[Na+]. The molecule has 0 atom stereocenters. The molecule has 0 spiro atoms. The molecule has 70 valence electrons. The number of alkyl halides is 3. The first-order valence-corrected chi connectivity index (χ1v) is 3.13. The molecule has 0 aromatic heterocycles. The zero-order valence-electron chi connectivity index (χ0n) is 7.27. The summed E-state index contributed by atoms with van der Waals surface area (Å²) in [5.41, 5.74) is 0. The van der Waals surface area contributed by atoms with Crippen LogP contribution in [0.3, 0.4) is 0 Å². The van der Waals surface area contributed by atoms with Gasteiger partial charge in [0.25, 0.3) is 0 Å². The maximum Gasteiger partial charge on any atom is 1.00 e. The summed E-state index contributed by atoms with van der Waals surface area (Å²) in [7, 11) is 0. The summed E-state index contributed by atoms with van der Waals surface area (Å²) in [6, 6.07) is 0. The number of halogens is 3. The number of hydrogen-bond donors (Lipinski definition) is 0. The van der Waals surface area contributed by atoms with Crippen molar-refractivity contribution >= 4 is 11.8 Å². The third-order valence-electron chi connectivity index (χ3n) is 0.926. The molecule has 3 nitrogen and oxygen atoms in total. The molecule has 0 rings (SSSR count). The second-order valence-corrected chi connectivity index (χ2v) is 1.90. The van der Waals surface area contributed by atoms with Gasteiger partial charge in [0.2, 0.25) is 5.78 Å². The van der Waals surface area contributed by atoms with Crippen LogP contribution in [0, 0.1) is 0 Å². The van der Waals surface area contributed by atoms with E-state index in [2.05, 4.69) is 4.74 Å². The Bertz CT molecular complexity index is 190. The van der Waals surface area contributed by atoms with E-state index in [0.717, 1.165) is 0 Å². The molecule has 0 aromatic rings. The van der Waals surface area contributed by atoms with E-state index in [9.17, 15) is 22.8 Å². The van der Waals surface area contributed by atoms with Crippen LogP contribution in [0.1, 0.15) is 13.3 Å². The van der Waals surface area contributed by atoms with E-state index in [1.54, 1.807) is 0 Å². The Labute approximate surface area is 94.9 Å². The van der Waals surface area contributed by atoms with Crippen molar-refractivity contribution in [2.75, 3.05) is 6.61 Å². The molecule has 0 saturated carbocycles. The predicted octanol–water partition coefficient (Wildman–Crippen LogP) is -1.92. The van der Waals surface area contributed by atoms with Gasteiger partial charge in [-0.15, -0.1) is 0 Å². The van der Waals surface area contributed by atoms with Crippen LogP contribution in [0.25, 0.3) is 0 Å². The van der Waals surface area contributed by atoms with E-state index in [0.29, 0.717) is 0 Å². The van der Waals surface area contributed by atoms with Crippen molar-refractivity contribution < 1.29 is 57.1 Å². The van der Waals surface area contributed by atoms with E-state index in [4.69, 9.17) is 0 Å². The van der Waals surface area contributed by atoms with E-state index in [1.807, 2.05) is 0 Å². The number of carbonyl (C=O) groups excluding carboxylic acids is 2. The smallest absolute Gasteiger partial charge is 0.466 e. The molecule has 0 aromatic carbocycles. The molecule has 0 unspecified atom stereocenters. The van der Waals surface area contributed by atoms with Crippen LogP contribution < -0.4 is 29.6 Å². The average Bonchev–Trinajstić information content (AvgIpc) is 1.85. The van der Waals surface area contributed by atoms with Gasteiger partial charge in [-0.25, -0.2) is 0 Å². The number of ether oxygens (including phenoxy) is 1. The molecule has 0 bridgehead atoms. The monoisotopic (exact) mass is 207 g/mol. The van der Waals surface area contributed by atoms with Crippen LogP contribution in [0.5, 0.6) is 0 Å². The maximum absolute atomic E-state index is 11.5. The van der Waals surface area contributed by atoms with Crippen LogP contribution in [0.2, 0.25) is 0 Å². The minimum absolute atomic E-state index is 0. The van der Waals surface area contributed by atoms with E-state index >= 15 is 0 Å². The molecule has 13 heavy (non-hydrogen) atoms. The van der Waals surface area contributed by atoms with Crippen LogP contribution in [0.4, 0.5) is 13.2 Å². The third kappa shape index (κ3) is 7.04. The molecule has 0 saturated heterocycles. The van der Waals surface area contributed by atoms with E-state index in [-0.39, 0.29) is 36.2 Å². The molecule has 0 aliphatic rings. The fourth-order valence-corrected chi connectivity index (χ4v) is 0.443. The van der Waals surface area contributed by atoms with Crippen molar-refractivity contribution in [2.45, 2.75) is 19.5 Å². The van der Waals surface area contributed by atoms with Gasteiger partial charge < -0.3 is 4.74 Å². The molecule has 0 heterocycles. The van der Waals surface area contributed by atoms with Gasteiger partial charge in [-0.3, -0.25) is 9.59 Å². The summed E-state index contributed by atoms with van der Waals surface area (Å²) in [6.07, 6.45) is -6.19. The largest absolute Gasteiger partial charge is 1.00 e. The summed E-state index contributed by atoms with van der Waals surface area (Å²) in [6.45, 7) is 1.40. The van der Waals surface area contributed by atoms with Crippen molar-refractivity contribution in [3.8, 4) is 0 Å². The van der Waals surface area contributed by atoms with Gasteiger partial charge in [0, 0.05) is 0 Å². The van der Waals surface area contributed by atoms with Crippen LogP contribution >= 0.6 is 0 Å². The van der Waals surface area contributed by atoms with Gasteiger partial charge in [0.1, 0.15) is 6.42 Å². The minimum atomic E-state index is -4.95. The molecular weight excluding hydrogens is 200 g/mol. The van der Waals surface area contributed by atoms with E-state index in [1.165, 1.54) is 6.92 Å². The van der Waals surface area contributed by atoms with Gasteiger partial charge in [-0.1, -0.05) is 0 Å². The van der Waals surface area contributed by atoms with Gasteiger partial charge in [-0.05, 0) is 6.92 Å². The number of hydrogen-bond acceptors (Lipinski definition) is 3. The summed E-state index contributed by atoms with van der Waals surface area (Å²) >= 11 is 0. The van der Waals surface area contributed by atoms with Gasteiger partial charge >= 0.3 is 41.7 Å².